The molecule has 1 fully saturated rings. The summed E-state index contributed by atoms with van der Waals surface area (Å²) in [5, 5.41) is 8.84. The molecule has 0 radical (unpaired) electrons. The number of amides is 1. The van der Waals surface area contributed by atoms with Gasteiger partial charge < -0.3 is 10.2 Å². The molecular formula is C21H24FN5O. The maximum Gasteiger partial charge on any atom is 0.224 e. The molecule has 1 saturated heterocycles. The Morgan fingerprint density at radius 1 is 1.29 bits per heavy atom. The molecule has 0 unspecified atom stereocenters. The van der Waals surface area contributed by atoms with E-state index in [0.29, 0.717) is 19.0 Å². The van der Waals surface area contributed by atoms with E-state index in [1.807, 2.05) is 10.7 Å². The van der Waals surface area contributed by atoms with Crippen LogP contribution in [-0.4, -0.2) is 52.3 Å². The number of halogens is 1. The zero-order valence-electron chi connectivity index (χ0n) is 15.9. The third-order valence-corrected chi connectivity index (χ3v) is 5.24. The highest BCUT2D eigenvalue weighted by Crippen LogP contribution is 2.30. The predicted octanol–water partition coefficient (Wildman–Crippen LogP) is 2.35. The molecule has 1 aliphatic rings. The molecule has 3 heterocycles. The fraction of sp³-hybridized carbons (Fsp3) is 0.381. The van der Waals surface area contributed by atoms with Crippen molar-refractivity contribution in [3.8, 4) is 0 Å². The third-order valence-electron chi connectivity index (χ3n) is 5.24. The van der Waals surface area contributed by atoms with Crippen molar-refractivity contribution in [3.63, 3.8) is 0 Å². The molecule has 0 bridgehead atoms. The van der Waals surface area contributed by atoms with Crippen molar-refractivity contribution in [1.29, 1.82) is 0 Å². The molecule has 28 heavy (non-hydrogen) atoms. The molecule has 1 amide bonds. The largest absolute Gasteiger partial charge is 0.354 e. The quantitative estimate of drug-likeness (QED) is 0.712. The van der Waals surface area contributed by atoms with Gasteiger partial charge in [0.2, 0.25) is 5.91 Å². The standard InChI is InChI=1S/C21H24FN5O/c1-26-11-8-16(14-26)20-18-3-2-9-24-21(18)27(25-20)12-10-23-19(28)13-15-4-6-17(22)7-5-15/h2-7,9,16H,8,10-14H2,1H3,(H,23,28)/t16-/m1/s1. The Kier molecular flexibility index (Phi) is 5.34. The fourth-order valence-electron chi connectivity index (χ4n) is 3.80. The van der Waals surface area contributed by atoms with Crippen LogP contribution in [0.25, 0.3) is 11.0 Å². The molecule has 1 aliphatic heterocycles. The summed E-state index contributed by atoms with van der Waals surface area (Å²) in [7, 11) is 2.13. The number of benzene rings is 1. The van der Waals surface area contributed by atoms with Crippen molar-refractivity contribution < 1.29 is 9.18 Å². The molecule has 1 N–H and O–H groups in total. The molecule has 0 saturated carbocycles. The van der Waals surface area contributed by atoms with Crippen LogP contribution < -0.4 is 5.32 Å². The van der Waals surface area contributed by atoms with Crippen LogP contribution in [0.1, 0.15) is 23.6 Å². The summed E-state index contributed by atoms with van der Waals surface area (Å²) in [6, 6.07) is 10.0. The van der Waals surface area contributed by atoms with Gasteiger partial charge in [-0.1, -0.05) is 12.1 Å². The van der Waals surface area contributed by atoms with Gasteiger partial charge in [0.1, 0.15) is 5.82 Å². The Labute approximate surface area is 163 Å². The van der Waals surface area contributed by atoms with E-state index in [0.717, 1.165) is 41.8 Å². The lowest BCUT2D eigenvalue weighted by Crippen LogP contribution is -2.29. The summed E-state index contributed by atoms with van der Waals surface area (Å²) in [6.45, 7) is 3.12. The van der Waals surface area contributed by atoms with Gasteiger partial charge in [-0.2, -0.15) is 5.10 Å². The van der Waals surface area contributed by atoms with E-state index in [2.05, 4.69) is 28.3 Å². The lowest BCUT2D eigenvalue weighted by Gasteiger charge is -2.08. The van der Waals surface area contributed by atoms with E-state index >= 15 is 0 Å². The number of pyridine rings is 1. The molecule has 1 aromatic carbocycles. The van der Waals surface area contributed by atoms with Crippen LogP contribution >= 0.6 is 0 Å². The molecule has 0 aliphatic carbocycles. The van der Waals surface area contributed by atoms with Gasteiger partial charge in [-0.25, -0.2) is 14.1 Å². The SMILES string of the molecule is CN1CC[C@@H](c2nn(CCNC(=O)Cc3ccc(F)cc3)c3ncccc23)C1. The molecule has 1 atom stereocenters. The summed E-state index contributed by atoms with van der Waals surface area (Å²) >= 11 is 0. The van der Waals surface area contributed by atoms with E-state index in [-0.39, 0.29) is 18.1 Å². The number of fused-ring (bicyclic) bond motifs is 1. The Morgan fingerprint density at radius 3 is 2.86 bits per heavy atom. The normalized spacial score (nSPS) is 17.3. The number of aromatic nitrogens is 3. The number of carbonyl (C=O) groups excluding carboxylic acids is 1. The van der Waals surface area contributed by atoms with Gasteiger partial charge in [0.05, 0.1) is 18.7 Å². The number of hydrogen-bond donors (Lipinski definition) is 1. The second-order valence-electron chi connectivity index (χ2n) is 7.38. The van der Waals surface area contributed by atoms with Crippen LogP contribution in [0.5, 0.6) is 0 Å². The molecule has 6 nitrogen and oxygen atoms in total. The smallest absolute Gasteiger partial charge is 0.224 e. The lowest BCUT2D eigenvalue weighted by atomic mass is 10.0. The van der Waals surface area contributed by atoms with Crippen LogP contribution in [0.15, 0.2) is 42.6 Å². The summed E-state index contributed by atoms with van der Waals surface area (Å²) in [6.07, 6.45) is 3.11. The lowest BCUT2D eigenvalue weighted by molar-refractivity contribution is -0.120. The molecule has 7 heteroatoms. The second-order valence-corrected chi connectivity index (χ2v) is 7.38. The van der Waals surface area contributed by atoms with Gasteiger partial charge in [0, 0.05) is 30.6 Å². The maximum absolute atomic E-state index is 13.0. The van der Waals surface area contributed by atoms with Crippen LogP contribution in [0, 0.1) is 5.82 Å². The third kappa shape index (κ3) is 4.04. The van der Waals surface area contributed by atoms with Crippen molar-refractivity contribution >= 4 is 16.9 Å². The average Bonchev–Trinajstić information content (AvgIpc) is 3.28. The van der Waals surface area contributed by atoms with Gasteiger partial charge in [-0.05, 0) is 49.8 Å². The molecule has 2 aromatic heterocycles. The highest BCUT2D eigenvalue weighted by molar-refractivity contribution is 5.79. The number of hydrogen-bond acceptors (Lipinski definition) is 4. The average molecular weight is 381 g/mol. The highest BCUT2D eigenvalue weighted by Gasteiger charge is 2.26. The van der Waals surface area contributed by atoms with Crippen LogP contribution in [-0.2, 0) is 17.8 Å². The Bertz CT molecular complexity index is 969. The number of nitrogens with one attached hydrogen (secondary N) is 1. The molecule has 4 rings (SSSR count). The van der Waals surface area contributed by atoms with E-state index in [1.165, 1.54) is 12.1 Å². The van der Waals surface area contributed by atoms with Gasteiger partial charge in [-0.3, -0.25) is 4.79 Å². The first-order valence-corrected chi connectivity index (χ1v) is 9.61. The van der Waals surface area contributed by atoms with E-state index in [4.69, 9.17) is 5.10 Å². The summed E-state index contributed by atoms with van der Waals surface area (Å²) < 4.78 is 14.8. The first kappa shape index (κ1) is 18.6. The van der Waals surface area contributed by atoms with Gasteiger partial charge in [0.15, 0.2) is 5.65 Å². The topological polar surface area (TPSA) is 63.1 Å². The number of nitrogens with zero attached hydrogens (tertiary/aromatic N) is 4. The van der Waals surface area contributed by atoms with Crippen LogP contribution in [0.4, 0.5) is 4.39 Å². The zero-order chi connectivity index (χ0) is 19.5. The van der Waals surface area contributed by atoms with E-state index in [9.17, 15) is 9.18 Å². The first-order chi connectivity index (χ1) is 13.6. The molecule has 3 aromatic rings. The van der Waals surface area contributed by atoms with Crippen molar-refractivity contribution in [3.05, 3.63) is 59.7 Å². The van der Waals surface area contributed by atoms with E-state index in [1.54, 1.807) is 18.3 Å². The van der Waals surface area contributed by atoms with Crippen molar-refractivity contribution in [2.45, 2.75) is 25.3 Å². The summed E-state index contributed by atoms with van der Waals surface area (Å²) in [5.41, 5.74) is 2.75. The second kappa shape index (κ2) is 8.06. The number of rotatable bonds is 6. The van der Waals surface area contributed by atoms with Crippen LogP contribution in [0.2, 0.25) is 0 Å². The van der Waals surface area contributed by atoms with Gasteiger partial charge in [0.25, 0.3) is 0 Å². The summed E-state index contributed by atoms with van der Waals surface area (Å²) in [4.78, 5) is 19.0. The van der Waals surface area contributed by atoms with Crippen molar-refractivity contribution in [2.75, 3.05) is 26.7 Å². The minimum absolute atomic E-state index is 0.0892. The molecule has 146 valence electrons. The van der Waals surface area contributed by atoms with Gasteiger partial charge in [-0.15, -0.1) is 0 Å². The van der Waals surface area contributed by atoms with E-state index < -0.39 is 0 Å². The zero-order valence-corrected chi connectivity index (χ0v) is 15.9. The van der Waals surface area contributed by atoms with Crippen molar-refractivity contribution in [1.82, 2.24) is 25.0 Å². The minimum atomic E-state index is -0.300. The van der Waals surface area contributed by atoms with Crippen molar-refractivity contribution in [2.24, 2.45) is 0 Å². The fourth-order valence-corrected chi connectivity index (χ4v) is 3.80. The number of likely N-dealkylation sites (tertiary alicyclic amines) is 1. The maximum atomic E-state index is 13.0. The predicted molar refractivity (Wildman–Crippen MR) is 105 cm³/mol. The molecule has 0 spiro atoms. The molecular weight excluding hydrogens is 357 g/mol. The Morgan fingerprint density at radius 2 is 2.11 bits per heavy atom. The Balaban J connectivity index is 1.40. The first-order valence-electron chi connectivity index (χ1n) is 9.61. The number of likely N-dealkylation sites (N-methyl/N-ethyl adjacent to an activating group) is 1. The Hall–Kier alpha value is -2.80. The van der Waals surface area contributed by atoms with Gasteiger partial charge >= 0.3 is 0 Å². The van der Waals surface area contributed by atoms with Crippen LogP contribution in [0.3, 0.4) is 0 Å². The minimum Gasteiger partial charge on any atom is -0.354 e. The number of carbonyl (C=O) groups is 1. The monoisotopic (exact) mass is 381 g/mol. The summed E-state index contributed by atoms with van der Waals surface area (Å²) in [5.74, 6) is 0.0335. The highest BCUT2D eigenvalue weighted by atomic mass is 19.1.